The molecule has 0 amide bonds. The third-order valence-corrected chi connectivity index (χ3v) is 3.60. The molecule has 2 fully saturated rings. The van der Waals surface area contributed by atoms with Crippen LogP contribution in [0.3, 0.4) is 0 Å². The quantitative estimate of drug-likeness (QED) is 0.680. The fourth-order valence-corrected chi connectivity index (χ4v) is 2.74. The average Bonchev–Trinajstić information content (AvgIpc) is 2.30. The fraction of sp³-hybridized carbons (Fsp3) is 1.00. The summed E-state index contributed by atoms with van der Waals surface area (Å²) in [6, 6.07) is 0.316. The first kappa shape index (κ1) is 11.3. The maximum atomic E-state index is 9.97. The molecule has 1 aliphatic carbocycles. The van der Waals surface area contributed by atoms with Crippen LogP contribution in [0.5, 0.6) is 0 Å². The van der Waals surface area contributed by atoms with Gasteiger partial charge < -0.3 is 14.9 Å². The lowest BCUT2D eigenvalue weighted by molar-refractivity contribution is -0.0825. The zero-order chi connectivity index (χ0) is 10.7. The van der Waals surface area contributed by atoms with Crippen molar-refractivity contribution in [2.24, 2.45) is 0 Å². The average molecular weight is 215 g/mol. The Bertz CT molecular complexity index is 200. The SMILES string of the molecule is OCC1COCCN1[C@@H]1CCCC[C@H]1O. The summed E-state index contributed by atoms with van der Waals surface area (Å²) in [6.45, 7) is 2.29. The lowest BCUT2D eigenvalue weighted by atomic mass is 9.90. The van der Waals surface area contributed by atoms with Crippen LogP contribution in [-0.2, 0) is 4.74 Å². The second-order valence-corrected chi connectivity index (χ2v) is 4.57. The van der Waals surface area contributed by atoms with Gasteiger partial charge in [0, 0.05) is 12.6 Å². The van der Waals surface area contributed by atoms with E-state index < -0.39 is 0 Å². The lowest BCUT2D eigenvalue weighted by Crippen LogP contribution is -2.56. The normalized spacial score (nSPS) is 39.2. The van der Waals surface area contributed by atoms with E-state index in [-0.39, 0.29) is 24.8 Å². The van der Waals surface area contributed by atoms with Crippen molar-refractivity contribution in [1.82, 2.24) is 4.90 Å². The van der Waals surface area contributed by atoms with Crippen LogP contribution in [0.25, 0.3) is 0 Å². The number of hydrogen-bond acceptors (Lipinski definition) is 4. The van der Waals surface area contributed by atoms with Crippen LogP contribution >= 0.6 is 0 Å². The van der Waals surface area contributed by atoms with Gasteiger partial charge in [0.15, 0.2) is 0 Å². The molecular formula is C11H21NO3. The predicted molar refractivity (Wildman–Crippen MR) is 56.7 cm³/mol. The van der Waals surface area contributed by atoms with Gasteiger partial charge in [0.2, 0.25) is 0 Å². The van der Waals surface area contributed by atoms with Gasteiger partial charge in [-0.1, -0.05) is 12.8 Å². The van der Waals surface area contributed by atoms with Crippen molar-refractivity contribution in [1.29, 1.82) is 0 Å². The highest BCUT2D eigenvalue weighted by molar-refractivity contribution is 4.88. The van der Waals surface area contributed by atoms with Crippen molar-refractivity contribution in [3.8, 4) is 0 Å². The predicted octanol–water partition coefficient (Wildman–Crippen LogP) is -0.0170. The molecule has 0 spiro atoms. The Labute approximate surface area is 90.8 Å². The smallest absolute Gasteiger partial charge is 0.0695 e. The van der Waals surface area contributed by atoms with Crippen LogP contribution in [0.4, 0.5) is 0 Å². The molecule has 3 atom stereocenters. The van der Waals surface area contributed by atoms with Crippen LogP contribution in [-0.4, -0.2) is 59.7 Å². The number of aliphatic hydroxyl groups is 2. The first-order valence-electron chi connectivity index (χ1n) is 5.95. The van der Waals surface area contributed by atoms with Crippen LogP contribution in [0.1, 0.15) is 25.7 Å². The summed E-state index contributed by atoms with van der Waals surface area (Å²) in [5.41, 5.74) is 0. The highest BCUT2D eigenvalue weighted by Crippen LogP contribution is 2.25. The van der Waals surface area contributed by atoms with E-state index in [0.717, 1.165) is 32.4 Å². The summed E-state index contributed by atoms with van der Waals surface area (Å²) in [4.78, 5) is 2.24. The van der Waals surface area contributed by atoms with Crippen LogP contribution < -0.4 is 0 Å². The van der Waals surface area contributed by atoms with Gasteiger partial charge in [-0.15, -0.1) is 0 Å². The molecule has 4 heteroatoms. The molecule has 0 bridgehead atoms. The highest BCUT2D eigenvalue weighted by atomic mass is 16.5. The van der Waals surface area contributed by atoms with E-state index in [9.17, 15) is 10.2 Å². The molecule has 0 aromatic heterocycles. The molecule has 88 valence electrons. The van der Waals surface area contributed by atoms with Crippen molar-refractivity contribution in [2.45, 2.75) is 43.9 Å². The largest absolute Gasteiger partial charge is 0.395 e. The summed E-state index contributed by atoms with van der Waals surface area (Å²) in [5.74, 6) is 0. The zero-order valence-corrected chi connectivity index (χ0v) is 9.14. The van der Waals surface area contributed by atoms with E-state index in [1.165, 1.54) is 6.42 Å². The molecule has 1 heterocycles. The van der Waals surface area contributed by atoms with E-state index in [4.69, 9.17) is 4.74 Å². The summed E-state index contributed by atoms with van der Waals surface area (Å²) >= 11 is 0. The molecule has 1 saturated heterocycles. The lowest BCUT2D eigenvalue weighted by Gasteiger charge is -2.43. The molecule has 1 unspecified atom stereocenters. The molecular weight excluding hydrogens is 194 g/mol. The number of hydrogen-bond donors (Lipinski definition) is 2. The number of nitrogens with zero attached hydrogens (tertiary/aromatic N) is 1. The fourth-order valence-electron chi connectivity index (χ4n) is 2.74. The van der Waals surface area contributed by atoms with Crippen molar-refractivity contribution in [3.05, 3.63) is 0 Å². The molecule has 1 saturated carbocycles. The van der Waals surface area contributed by atoms with Crippen LogP contribution in [0, 0.1) is 0 Å². The van der Waals surface area contributed by atoms with Gasteiger partial charge in [-0.05, 0) is 12.8 Å². The molecule has 0 aromatic carbocycles. The van der Waals surface area contributed by atoms with E-state index in [2.05, 4.69) is 4.90 Å². The Morgan fingerprint density at radius 1 is 1.27 bits per heavy atom. The van der Waals surface area contributed by atoms with Crippen molar-refractivity contribution in [2.75, 3.05) is 26.4 Å². The van der Waals surface area contributed by atoms with Gasteiger partial charge in [0.25, 0.3) is 0 Å². The van der Waals surface area contributed by atoms with Gasteiger partial charge in [-0.2, -0.15) is 0 Å². The standard InChI is InChI=1S/C11H21NO3/c13-7-9-8-15-6-5-12(9)10-3-1-2-4-11(10)14/h9-11,13-14H,1-8H2/t9?,10-,11-/m1/s1. The van der Waals surface area contributed by atoms with Gasteiger partial charge in [-0.3, -0.25) is 4.90 Å². The Kier molecular flexibility index (Phi) is 3.97. The highest BCUT2D eigenvalue weighted by Gasteiger charge is 2.34. The summed E-state index contributed by atoms with van der Waals surface area (Å²) in [5, 5.41) is 19.2. The van der Waals surface area contributed by atoms with Crippen LogP contribution in [0.2, 0.25) is 0 Å². The van der Waals surface area contributed by atoms with E-state index in [1.54, 1.807) is 0 Å². The Morgan fingerprint density at radius 2 is 2.07 bits per heavy atom. The topological polar surface area (TPSA) is 52.9 Å². The van der Waals surface area contributed by atoms with Gasteiger partial charge in [-0.25, -0.2) is 0 Å². The maximum absolute atomic E-state index is 9.97. The molecule has 2 N–H and O–H groups in total. The minimum Gasteiger partial charge on any atom is -0.395 e. The number of rotatable bonds is 2. The molecule has 0 aromatic rings. The Balaban J connectivity index is 1.99. The molecule has 2 aliphatic rings. The van der Waals surface area contributed by atoms with E-state index in [1.807, 2.05) is 0 Å². The molecule has 15 heavy (non-hydrogen) atoms. The molecule has 2 rings (SSSR count). The summed E-state index contributed by atoms with van der Waals surface area (Å²) in [7, 11) is 0. The minimum absolute atomic E-state index is 0.0801. The van der Waals surface area contributed by atoms with Gasteiger partial charge in [0.1, 0.15) is 0 Å². The van der Waals surface area contributed by atoms with Crippen LogP contribution in [0.15, 0.2) is 0 Å². The van der Waals surface area contributed by atoms with Crippen molar-refractivity contribution in [3.63, 3.8) is 0 Å². The molecule has 0 radical (unpaired) electrons. The number of aliphatic hydroxyl groups excluding tert-OH is 2. The monoisotopic (exact) mass is 215 g/mol. The number of morpholine rings is 1. The van der Waals surface area contributed by atoms with Crippen molar-refractivity contribution >= 4 is 0 Å². The third kappa shape index (κ3) is 2.50. The second-order valence-electron chi connectivity index (χ2n) is 4.57. The van der Waals surface area contributed by atoms with Crippen molar-refractivity contribution < 1.29 is 14.9 Å². The van der Waals surface area contributed by atoms with E-state index in [0.29, 0.717) is 6.61 Å². The Morgan fingerprint density at radius 3 is 2.80 bits per heavy atom. The van der Waals surface area contributed by atoms with Gasteiger partial charge >= 0.3 is 0 Å². The summed E-state index contributed by atoms with van der Waals surface area (Å²) in [6.07, 6.45) is 4.06. The molecule has 1 aliphatic heterocycles. The van der Waals surface area contributed by atoms with E-state index >= 15 is 0 Å². The first-order valence-corrected chi connectivity index (χ1v) is 5.95. The third-order valence-electron chi connectivity index (χ3n) is 3.60. The first-order chi connectivity index (χ1) is 7.33. The summed E-state index contributed by atoms with van der Waals surface area (Å²) < 4.78 is 5.35. The second kappa shape index (κ2) is 5.25. The Hall–Kier alpha value is -0.160. The molecule has 4 nitrogen and oxygen atoms in total. The number of ether oxygens (including phenoxy) is 1. The minimum atomic E-state index is -0.217. The van der Waals surface area contributed by atoms with Gasteiger partial charge in [0.05, 0.1) is 32.0 Å². The zero-order valence-electron chi connectivity index (χ0n) is 9.14. The maximum Gasteiger partial charge on any atom is 0.0695 e.